The van der Waals surface area contributed by atoms with Crippen molar-refractivity contribution in [2.75, 3.05) is 32.2 Å². The van der Waals surface area contributed by atoms with E-state index in [2.05, 4.69) is 27.3 Å². The molecular formula is C18H23N3O2. The van der Waals surface area contributed by atoms with E-state index in [1.807, 2.05) is 37.4 Å². The molecule has 1 aromatic heterocycles. The molecule has 5 nitrogen and oxygen atoms in total. The summed E-state index contributed by atoms with van der Waals surface area (Å²) in [5, 5.41) is 2.85. The predicted octanol–water partition coefficient (Wildman–Crippen LogP) is 2.48. The monoisotopic (exact) mass is 313 g/mol. The molecule has 0 atom stereocenters. The molecule has 0 bridgehead atoms. The van der Waals surface area contributed by atoms with E-state index in [9.17, 15) is 4.79 Å². The number of methoxy groups -OCH3 is 1. The third-order valence-electron chi connectivity index (χ3n) is 3.49. The van der Waals surface area contributed by atoms with Crippen LogP contribution in [0.15, 0.2) is 48.7 Å². The number of nitrogens with zero attached hydrogens (tertiary/aromatic N) is 2. The number of aromatic nitrogens is 1. The molecule has 0 aliphatic carbocycles. The van der Waals surface area contributed by atoms with Gasteiger partial charge in [-0.1, -0.05) is 30.3 Å². The van der Waals surface area contributed by atoms with Crippen LogP contribution in [0.4, 0.5) is 5.69 Å². The quantitative estimate of drug-likeness (QED) is 0.761. The van der Waals surface area contributed by atoms with Gasteiger partial charge in [-0.3, -0.25) is 9.78 Å². The fraction of sp³-hybridized carbons (Fsp3) is 0.333. The predicted molar refractivity (Wildman–Crippen MR) is 91.6 cm³/mol. The summed E-state index contributed by atoms with van der Waals surface area (Å²) in [5.41, 5.74) is 2.61. The van der Waals surface area contributed by atoms with Crippen LogP contribution in [-0.2, 0) is 11.3 Å². The minimum atomic E-state index is -0.156. The van der Waals surface area contributed by atoms with Crippen molar-refractivity contribution in [2.24, 2.45) is 0 Å². The van der Waals surface area contributed by atoms with Gasteiger partial charge in [0, 0.05) is 45.7 Å². The Balaban J connectivity index is 1.97. The molecule has 0 saturated carbocycles. The molecule has 0 unspecified atom stereocenters. The molecule has 2 rings (SSSR count). The lowest BCUT2D eigenvalue weighted by atomic mass is 10.2. The summed E-state index contributed by atoms with van der Waals surface area (Å²) in [5.74, 6) is -0.156. The number of carbonyl (C=O) groups excluding carboxylic acids is 1. The largest absolute Gasteiger partial charge is 0.385 e. The molecular weight excluding hydrogens is 290 g/mol. The molecule has 2 aromatic rings. The molecule has 23 heavy (non-hydrogen) atoms. The highest BCUT2D eigenvalue weighted by Gasteiger charge is 2.09. The van der Waals surface area contributed by atoms with E-state index >= 15 is 0 Å². The van der Waals surface area contributed by atoms with E-state index < -0.39 is 0 Å². The van der Waals surface area contributed by atoms with Crippen LogP contribution in [0.3, 0.4) is 0 Å². The number of pyridine rings is 1. The smallest absolute Gasteiger partial charge is 0.269 e. The summed E-state index contributed by atoms with van der Waals surface area (Å²) in [6, 6.07) is 13.9. The third kappa shape index (κ3) is 5.38. The molecule has 1 heterocycles. The Bertz CT molecular complexity index is 617. The van der Waals surface area contributed by atoms with Gasteiger partial charge in [0.1, 0.15) is 5.69 Å². The Kier molecular flexibility index (Phi) is 6.56. The summed E-state index contributed by atoms with van der Waals surface area (Å²) < 4.78 is 4.96. The minimum absolute atomic E-state index is 0.156. The topological polar surface area (TPSA) is 54.5 Å². The number of ether oxygens (including phenoxy) is 1. The summed E-state index contributed by atoms with van der Waals surface area (Å²) >= 11 is 0. The molecule has 0 fully saturated rings. The Labute approximate surface area is 137 Å². The Morgan fingerprint density at radius 3 is 2.78 bits per heavy atom. The van der Waals surface area contributed by atoms with Gasteiger partial charge < -0.3 is 15.0 Å². The fourth-order valence-electron chi connectivity index (χ4n) is 2.24. The first-order valence-electron chi connectivity index (χ1n) is 7.69. The lowest BCUT2D eigenvalue weighted by molar-refractivity contribution is 0.0943. The average molecular weight is 313 g/mol. The highest BCUT2D eigenvalue weighted by molar-refractivity contribution is 5.93. The zero-order valence-corrected chi connectivity index (χ0v) is 13.7. The Morgan fingerprint density at radius 1 is 1.26 bits per heavy atom. The summed E-state index contributed by atoms with van der Waals surface area (Å²) in [6.45, 7) is 1.99. The van der Waals surface area contributed by atoms with Crippen molar-refractivity contribution >= 4 is 11.6 Å². The standard InChI is InChI=1S/C18H23N3O2/c1-21(14-15-7-4-3-5-8-15)16-9-11-19-17(13-16)18(22)20-10-6-12-23-2/h3-5,7-9,11,13H,6,10,12,14H2,1-2H3,(H,20,22). The average Bonchev–Trinajstić information content (AvgIpc) is 2.59. The van der Waals surface area contributed by atoms with E-state index in [1.54, 1.807) is 13.3 Å². The first-order chi connectivity index (χ1) is 11.2. The van der Waals surface area contributed by atoms with Crippen LogP contribution in [0.5, 0.6) is 0 Å². The molecule has 0 aliphatic rings. The SMILES string of the molecule is COCCCNC(=O)c1cc(N(C)Cc2ccccc2)ccn1. The van der Waals surface area contributed by atoms with E-state index in [0.29, 0.717) is 18.8 Å². The normalized spacial score (nSPS) is 10.3. The number of anilines is 1. The lowest BCUT2D eigenvalue weighted by Gasteiger charge is -2.19. The van der Waals surface area contributed by atoms with Gasteiger partial charge in [-0.05, 0) is 24.1 Å². The van der Waals surface area contributed by atoms with Crippen LogP contribution in [-0.4, -0.2) is 38.2 Å². The van der Waals surface area contributed by atoms with Crippen LogP contribution in [0.25, 0.3) is 0 Å². The molecule has 1 N–H and O–H groups in total. The lowest BCUT2D eigenvalue weighted by Crippen LogP contribution is -2.26. The van der Waals surface area contributed by atoms with Gasteiger partial charge >= 0.3 is 0 Å². The van der Waals surface area contributed by atoms with Crippen molar-refractivity contribution in [1.82, 2.24) is 10.3 Å². The first kappa shape index (κ1) is 17.0. The van der Waals surface area contributed by atoms with Crippen molar-refractivity contribution in [1.29, 1.82) is 0 Å². The van der Waals surface area contributed by atoms with Crippen LogP contribution in [0.2, 0.25) is 0 Å². The van der Waals surface area contributed by atoms with Crippen LogP contribution < -0.4 is 10.2 Å². The summed E-state index contributed by atoms with van der Waals surface area (Å²) in [7, 11) is 3.65. The molecule has 0 saturated heterocycles. The number of nitrogens with one attached hydrogen (secondary N) is 1. The van der Waals surface area contributed by atoms with Gasteiger partial charge in [-0.15, -0.1) is 0 Å². The second kappa shape index (κ2) is 8.90. The van der Waals surface area contributed by atoms with Gasteiger partial charge in [0.2, 0.25) is 0 Å². The zero-order valence-electron chi connectivity index (χ0n) is 13.7. The van der Waals surface area contributed by atoms with Crippen molar-refractivity contribution < 1.29 is 9.53 Å². The van der Waals surface area contributed by atoms with Gasteiger partial charge in [0.25, 0.3) is 5.91 Å². The Morgan fingerprint density at radius 2 is 2.04 bits per heavy atom. The summed E-state index contributed by atoms with van der Waals surface area (Å²) in [4.78, 5) is 18.4. The first-order valence-corrected chi connectivity index (χ1v) is 7.69. The molecule has 1 amide bonds. The molecule has 1 aromatic carbocycles. The maximum absolute atomic E-state index is 12.1. The maximum atomic E-state index is 12.1. The second-order valence-corrected chi connectivity index (χ2v) is 5.34. The van der Waals surface area contributed by atoms with E-state index in [0.717, 1.165) is 18.7 Å². The molecule has 0 radical (unpaired) electrons. The van der Waals surface area contributed by atoms with Gasteiger partial charge in [0.05, 0.1) is 0 Å². The molecule has 0 aliphatic heterocycles. The number of hydrogen-bond acceptors (Lipinski definition) is 4. The minimum Gasteiger partial charge on any atom is -0.385 e. The van der Waals surface area contributed by atoms with Crippen molar-refractivity contribution in [3.8, 4) is 0 Å². The highest BCUT2D eigenvalue weighted by atomic mass is 16.5. The number of hydrogen-bond donors (Lipinski definition) is 1. The van der Waals surface area contributed by atoms with E-state index in [-0.39, 0.29) is 5.91 Å². The maximum Gasteiger partial charge on any atom is 0.269 e. The molecule has 5 heteroatoms. The Hall–Kier alpha value is -2.40. The molecule has 122 valence electrons. The van der Waals surface area contributed by atoms with Crippen molar-refractivity contribution in [3.63, 3.8) is 0 Å². The van der Waals surface area contributed by atoms with Crippen molar-refractivity contribution in [3.05, 3.63) is 59.9 Å². The van der Waals surface area contributed by atoms with Gasteiger partial charge in [-0.25, -0.2) is 0 Å². The number of carbonyl (C=O) groups is 1. The zero-order chi connectivity index (χ0) is 16.5. The fourth-order valence-corrected chi connectivity index (χ4v) is 2.24. The highest BCUT2D eigenvalue weighted by Crippen LogP contribution is 2.15. The van der Waals surface area contributed by atoms with Crippen LogP contribution in [0, 0.1) is 0 Å². The summed E-state index contributed by atoms with van der Waals surface area (Å²) in [6.07, 6.45) is 2.46. The van der Waals surface area contributed by atoms with E-state index in [4.69, 9.17) is 4.74 Å². The van der Waals surface area contributed by atoms with Crippen LogP contribution >= 0.6 is 0 Å². The number of benzene rings is 1. The number of amides is 1. The molecule has 0 spiro atoms. The third-order valence-corrected chi connectivity index (χ3v) is 3.49. The van der Waals surface area contributed by atoms with Gasteiger partial charge in [-0.2, -0.15) is 0 Å². The van der Waals surface area contributed by atoms with Gasteiger partial charge in [0.15, 0.2) is 0 Å². The second-order valence-electron chi connectivity index (χ2n) is 5.34. The van der Waals surface area contributed by atoms with E-state index in [1.165, 1.54) is 5.56 Å². The number of rotatable bonds is 8. The van der Waals surface area contributed by atoms with Crippen molar-refractivity contribution in [2.45, 2.75) is 13.0 Å². The van der Waals surface area contributed by atoms with Crippen LogP contribution in [0.1, 0.15) is 22.5 Å².